The standard InChI is InChI=1S/C21H22N2O5/c1-14-6-5-7-16(12-14)22-21(27)17-8-3-4-9-18(17)23-19(25)13-28-20(26)11-10-15(2)24/h3-9,12H,10-11,13H2,1-2H3,(H,22,27)(H,23,25). The maximum absolute atomic E-state index is 12.6. The van der Waals surface area contributed by atoms with Gasteiger partial charge in [0.1, 0.15) is 5.78 Å². The Labute approximate surface area is 163 Å². The highest BCUT2D eigenvalue weighted by Crippen LogP contribution is 2.18. The second-order valence-electron chi connectivity index (χ2n) is 6.28. The van der Waals surface area contributed by atoms with Crippen LogP contribution >= 0.6 is 0 Å². The molecule has 0 spiro atoms. The van der Waals surface area contributed by atoms with E-state index in [2.05, 4.69) is 10.6 Å². The fraction of sp³-hybridized carbons (Fsp3) is 0.238. The van der Waals surface area contributed by atoms with Gasteiger partial charge in [0.15, 0.2) is 6.61 Å². The van der Waals surface area contributed by atoms with Crippen LogP contribution in [0.2, 0.25) is 0 Å². The normalized spacial score (nSPS) is 10.1. The highest BCUT2D eigenvalue weighted by atomic mass is 16.5. The predicted molar refractivity (Wildman–Crippen MR) is 105 cm³/mol. The molecule has 0 unspecified atom stereocenters. The van der Waals surface area contributed by atoms with Crippen molar-refractivity contribution in [1.29, 1.82) is 0 Å². The number of hydrogen-bond acceptors (Lipinski definition) is 5. The van der Waals surface area contributed by atoms with Crippen molar-refractivity contribution in [2.24, 2.45) is 0 Å². The van der Waals surface area contributed by atoms with Crippen LogP contribution in [0.1, 0.15) is 35.7 Å². The van der Waals surface area contributed by atoms with Crippen LogP contribution in [0.15, 0.2) is 48.5 Å². The van der Waals surface area contributed by atoms with E-state index in [1.54, 1.807) is 30.3 Å². The van der Waals surface area contributed by atoms with Crippen LogP contribution in [0.5, 0.6) is 0 Å². The van der Waals surface area contributed by atoms with Crippen molar-refractivity contribution in [3.8, 4) is 0 Å². The van der Waals surface area contributed by atoms with Crippen LogP contribution in [0.4, 0.5) is 11.4 Å². The molecule has 146 valence electrons. The first-order valence-electron chi connectivity index (χ1n) is 8.77. The van der Waals surface area contributed by atoms with E-state index in [-0.39, 0.29) is 30.1 Å². The number of anilines is 2. The Bertz CT molecular complexity index is 892. The van der Waals surface area contributed by atoms with Gasteiger partial charge in [0, 0.05) is 12.1 Å². The topological polar surface area (TPSA) is 102 Å². The van der Waals surface area contributed by atoms with Crippen LogP contribution in [0, 0.1) is 6.92 Å². The summed E-state index contributed by atoms with van der Waals surface area (Å²) >= 11 is 0. The molecular weight excluding hydrogens is 360 g/mol. The number of Topliss-reactive ketones (excluding diaryl/α,β-unsaturated/α-hetero) is 1. The van der Waals surface area contributed by atoms with Gasteiger partial charge in [-0.15, -0.1) is 0 Å². The second-order valence-corrected chi connectivity index (χ2v) is 6.28. The van der Waals surface area contributed by atoms with Gasteiger partial charge in [0.25, 0.3) is 11.8 Å². The average Bonchev–Trinajstić information content (AvgIpc) is 2.65. The monoisotopic (exact) mass is 382 g/mol. The number of hydrogen-bond donors (Lipinski definition) is 2. The number of carbonyl (C=O) groups excluding carboxylic acids is 4. The van der Waals surface area contributed by atoms with Crippen molar-refractivity contribution in [3.63, 3.8) is 0 Å². The van der Waals surface area contributed by atoms with Crippen molar-refractivity contribution < 1.29 is 23.9 Å². The molecule has 0 saturated heterocycles. The summed E-state index contributed by atoms with van der Waals surface area (Å²) in [6, 6.07) is 13.9. The van der Waals surface area contributed by atoms with Crippen LogP contribution in [-0.2, 0) is 19.1 Å². The zero-order valence-electron chi connectivity index (χ0n) is 15.8. The minimum Gasteiger partial charge on any atom is -0.456 e. The second kappa shape index (κ2) is 10.0. The number of amides is 2. The lowest BCUT2D eigenvalue weighted by Gasteiger charge is -2.12. The number of para-hydroxylation sites is 1. The molecule has 0 aliphatic carbocycles. The summed E-state index contributed by atoms with van der Waals surface area (Å²) in [5.74, 6) is -1.71. The lowest BCUT2D eigenvalue weighted by molar-refractivity contribution is -0.148. The van der Waals surface area contributed by atoms with E-state index in [1.807, 2.05) is 25.1 Å². The molecule has 28 heavy (non-hydrogen) atoms. The van der Waals surface area contributed by atoms with E-state index in [0.29, 0.717) is 11.4 Å². The summed E-state index contributed by atoms with van der Waals surface area (Å²) in [5.41, 5.74) is 2.23. The first-order chi connectivity index (χ1) is 13.3. The van der Waals surface area contributed by atoms with Crippen molar-refractivity contribution in [2.45, 2.75) is 26.7 Å². The summed E-state index contributed by atoms with van der Waals surface area (Å²) < 4.78 is 4.83. The van der Waals surface area contributed by atoms with Crippen LogP contribution < -0.4 is 10.6 Å². The highest BCUT2D eigenvalue weighted by Gasteiger charge is 2.15. The number of ketones is 1. The molecule has 0 aromatic heterocycles. The Balaban J connectivity index is 1.97. The first kappa shape index (κ1) is 20.8. The zero-order valence-corrected chi connectivity index (χ0v) is 15.8. The molecule has 0 radical (unpaired) electrons. The van der Waals surface area contributed by atoms with E-state index in [9.17, 15) is 19.2 Å². The third-order valence-electron chi connectivity index (χ3n) is 3.77. The molecule has 0 atom stereocenters. The summed E-state index contributed by atoms with van der Waals surface area (Å²) in [4.78, 5) is 47.0. The Morgan fingerprint density at radius 3 is 2.39 bits per heavy atom. The molecule has 0 aliphatic heterocycles. The largest absolute Gasteiger partial charge is 0.456 e. The van der Waals surface area contributed by atoms with Gasteiger partial charge in [-0.3, -0.25) is 14.4 Å². The van der Waals surface area contributed by atoms with Gasteiger partial charge in [-0.05, 0) is 43.7 Å². The Hall–Kier alpha value is -3.48. The summed E-state index contributed by atoms with van der Waals surface area (Å²) in [5, 5.41) is 5.35. The minimum atomic E-state index is -0.629. The molecule has 0 aliphatic rings. The molecule has 0 saturated carbocycles. The van der Waals surface area contributed by atoms with Crippen molar-refractivity contribution in [1.82, 2.24) is 0 Å². The van der Waals surface area contributed by atoms with E-state index < -0.39 is 18.5 Å². The summed E-state index contributed by atoms with van der Waals surface area (Å²) in [6.45, 7) is 2.80. The maximum atomic E-state index is 12.6. The molecule has 2 N–H and O–H groups in total. The highest BCUT2D eigenvalue weighted by molar-refractivity contribution is 6.10. The van der Waals surface area contributed by atoms with E-state index in [0.717, 1.165) is 5.56 Å². The molecule has 0 fully saturated rings. The number of nitrogens with one attached hydrogen (secondary N) is 2. The lowest BCUT2D eigenvalue weighted by atomic mass is 10.1. The predicted octanol–water partition coefficient (Wildman–Crippen LogP) is 3.10. The molecule has 2 rings (SSSR count). The van der Waals surface area contributed by atoms with Gasteiger partial charge >= 0.3 is 5.97 Å². The SMILES string of the molecule is CC(=O)CCC(=O)OCC(=O)Nc1ccccc1C(=O)Nc1cccc(C)c1. The number of aryl methyl sites for hydroxylation is 1. The molecule has 0 heterocycles. The molecule has 2 aromatic carbocycles. The summed E-state index contributed by atoms with van der Waals surface area (Å²) in [7, 11) is 0. The maximum Gasteiger partial charge on any atom is 0.306 e. The molecular formula is C21H22N2O5. The number of ether oxygens (including phenoxy) is 1. The molecule has 7 nitrogen and oxygen atoms in total. The van der Waals surface area contributed by atoms with E-state index in [1.165, 1.54) is 6.92 Å². The molecule has 0 bridgehead atoms. The van der Waals surface area contributed by atoms with Crippen molar-refractivity contribution in [2.75, 3.05) is 17.2 Å². The fourth-order valence-corrected chi connectivity index (χ4v) is 2.39. The minimum absolute atomic E-state index is 0.0713. The van der Waals surface area contributed by atoms with Gasteiger partial charge in [-0.1, -0.05) is 24.3 Å². The van der Waals surface area contributed by atoms with Gasteiger partial charge in [-0.25, -0.2) is 0 Å². The van der Waals surface area contributed by atoms with Crippen LogP contribution in [0.25, 0.3) is 0 Å². The Morgan fingerprint density at radius 1 is 0.929 bits per heavy atom. The molecule has 7 heteroatoms. The number of rotatable bonds is 8. The van der Waals surface area contributed by atoms with Crippen molar-refractivity contribution in [3.05, 3.63) is 59.7 Å². The van der Waals surface area contributed by atoms with E-state index in [4.69, 9.17) is 4.74 Å². The van der Waals surface area contributed by atoms with Gasteiger partial charge < -0.3 is 20.2 Å². The third kappa shape index (κ3) is 6.68. The van der Waals surface area contributed by atoms with E-state index >= 15 is 0 Å². The smallest absolute Gasteiger partial charge is 0.306 e. The number of carbonyl (C=O) groups is 4. The van der Waals surface area contributed by atoms with Crippen LogP contribution in [-0.4, -0.2) is 30.2 Å². The average molecular weight is 382 g/mol. The van der Waals surface area contributed by atoms with Gasteiger partial charge in [0.2, 0.25) is 0 Å². The molecule has 2 amide bonds. The zero-order chi connectivity index (χ0) is 20.5. The fourth-order valence-electron chi connectivity index (χ4n) is 2.39. The summed E-state index contributed by atoms with van der Waals surface area (Å²) in [6.07, 6.45) is 0.000512. The number of esters is 1. The van der Waals surface area contributed by atoms with Gasteiger partial charge in [0.05, 0.1) is 17.7 Å². The first-order valence-corrected chi connectivity index (χ1v) is 8.77. The van der Waals surface area contributed by atoms with Crippen molar-refractivity contribution >= 4 is 34.9 Å². The number of benzene rings is 2. The lowest BCUT2D eigenvalue weighted by Crippen LogP contribution is -2.23. The third-order valence-corrected chi connectivity index (χ3v) is 3.77. The molecule has 2 aromatic rings. The Kier molecular flexibility index (Phi) is 7.45. The Morgan fingerprint density at radius 2 is 1.68 bits per heavy atom. The van der Waals surface area contributed by atoms with Crippen LogP contribution in [0.3, 0.4) is 0 Å². The quantitative estimate of drug-likeness (QED) is 0.683. The van der Waals surface area contributed by atoms with Gasteiger partial charge in [-0.2, -0.15) is 0 Å².